The van der Waals surface area contributed by atoms with Crippen LogP contribution in [0, 0.1) is 0 Å². The molecule has 0 spiro atoms. The molecule has 0 aliphatic carbocycles. The van der Waals surface area contributed by atoms with Crippen molar-refractivity contribution in [1.29, 1.82) is 0 Å². The number of aliphatic hydroxyl groups is 1. The Balaban J connectivity index is 2.64. The van der Waals surface area contributed by atoms with Gasteiger partial charge in [0.05, 0.1) is 22.9 Å². The average molecular weight is 211 g/mol. The van der Waals surface area contributed by atoms with Gasteiger partial charge in [0, 0.05) is 0 Å². The second kappa shape index (κ2) is 3.23. The first-order chi connectivity index (χ1) is 5.41. The zero-order valence-electron chi connectivity index (χ0n) is 6.30. The molecule has 1 aliphatic heterocycles. The summed E-state index contributed by atoms with van der Waals surface area (Å²) in [6.07, 6.45) is -0.845. The SMILES string of the molecule is NC(=[NH2+])S[C@H]1CS(=O)(=O)C[C@@H]1O. The molecule has 0 amide bonds. The molecule has 12 heavy (non-hydrogen) atoms. The molecule has 2 atom stereocenters. The van der Waals surface area contributed by atoms with E-state index >= 15 is 0 Å². The van der Waals surface area contributed by atoms with E-state index in [0.717, 1.165) is 11.8 Å². The Morgan fingerprint density at radius 1 is 1.58 bits per heavy atom. The summed E-state index contributed by atoms with van der Waals surface area (Å²) < 4.78 is 21.9. The minimum atomic E-state index is -3.09. The Morgan fingerprint density at radius 3 is 2.50 bits per heavy atom. The van der Waals surface area contributed by atoms with Crippen LogP contribution in [-0.2, 0) is 9.84 Å². The number of aliphatic hydroxyl groups excluding tert-OH is 1. The molecule has 0 bridgehead atoms. The standard InChI is InChI=1S/C5H10N2O3S2/c6-5(7)11-4-2-12(9,10)1-3(4)8/h3-4,8H,1-2H2,(H3,6,7)/p+1/t3-,4-/m0/s1. The van der Waals surface area contributed by atoms with Crippen LogP contribution in [0.5, 0.6) is 0 Å². The Bertz CT molecular complexity index is 287. The van der Waals surface area contributed by atoms with Gasteiger partial charge in [-0.3, -0.25) is 11.1 Å². The molecule has 0 aromatic heterocycles. The van der Waals surface area contributed by atoms with Crippen molar-refractivity contribution in [3.8, 4) is 0 Å². The summed E-state index contributed by atoms with van der Waals surface area (Å²) in [5, 5.41) is 14.1. The van der Waals surface area contributed by atoms with Gasteiger partial charge in [0.2, 0.25) is 0 Å². The van der Waals surface area contributed by atoms with Crippen molar-refractivity contribution in [2.45, 2.75) is 11.4 Å². The van der Waals surface area contributed by atoms with Crippen LogP contribution in [0.15, 0.2) is 0 Å². The maximum Gasteiger partial charge on any atom is 0.300 e. The van der Waals surface area contributed by atoms with Crippen LogP contribution in [0.2, 0.25) is 0 Å². The van der Waals surface area contributed by atoms with Gasteiger partial charge in [-0.25, -0.2) is 8.42 Å². The van der Waals surface area contributed by atoms with Crippen molar-refractivity contribution in [3.05, 3.63) is 0 Å². The van der Waals surface area contributed by atoms with Gasteiger partial charge in [0.1, 0.15) is 0 Å². The molecule has 0 saturated carbocycles. The van der Waals surface area contributed by atoms with Crippen molar-refractivity contribution >= 4 is 26.8 Å². The van der Waals surface area contributed by atoms with Gasteiger partial charge in [-0.1, -0.05) is 0 Å². The normalized spacial score (nSPS) is 33.4. The first kappa shape index (κ1) is 9.82. The van der Waals surface area contributed by atoms with E-state index in [4.69, 9.17) is 11.1 Å². The zero-order valence-corrected chi connectivity index (χ0v) is 7.94. The number of hydrogen-bond donors (Lipinski definition) is 3. The van der Waals surface area contributed by atoms with Gasteiger partial charge >= 0.3 is 0 Å². The molecule has 5 N–H and O–H groups in total. The predicted octanol–water partition coefficient (Wildman–Crippen LogP) is -3.05. The number of rotatable bonds is 1. The molecule has 0 aromatic carbocycles. The second-order valence-electron chi connectivity index (χ2n) is 2.70. The lowest BCUT2D eigenvalue weighted by molar-refractivity contribution is -0.110. The summed E-state index contributed by atoms with van der Waals surface area (Å²) in [6, 6.07) is 0. The molecule has 1 fully saturated rings. The highest BCUT2D eigenvalue weighted by Crippen LogP contribution is 2.23. The second-order valence-corrected chi connectivity index (χ2v) is 6.17. The third kappa shape index (κ3) is 2.36. The van der Waals surface area contributed by atoms with Gasteiger partial charge in [0.25, 0.3) is 5.17 Å². The van der Waals surface area contributed by atoms with Crippen molar-refractivity contribution < 1.29 is 18.9 Å². The third-order valence-corrected chi connectivity index (χ3v) is 4.54. The molecular weight excluding hydrogens is 200 g/mol. The van der Waals surface area contributed by atoms with Crippen molar-refractivity contribution in [2.75, 3.05) is 11.5 Å². The smallest absolute Gasteiger partial charge is 0.300 e. The summed E-state index contributed by atoms with van der Waals surface area (Å²) in [5.41, 5.74) is 5.17. The van der Waals surface area contributed by atoms with Crippen molar-refractivity contribution in [1.82, 2.24) is 0 Å². The average Bonchev–Trinajstić information content (AvgIpc) is 2.03. The lowest BCUT2D eigenvalue weighted by atomic mass is 10.3. The maximum absolute atomic E-state index is 11.0. The van der Waals surface area contributed by atoms with Crippen LogP contribution in [0.1, 0.15) is 0 Å². The van der Waals surface area contributed by atoms with Crippen LogP contribution in [0.3, 0.4) is 0 Å². The summed E-state index contributed by atoms with van der Waals surface area (Å²) in [4.78, 5) is 0. The number of thioether (sulfide) groups is 1. The Kier molecular flexibility index (Phi) is 2.64. The minimum Gasteiger partial charge on any atom is -0.391 e. The largest absolute Gasteiger partial charge is 0.391 e. The van der Waals surface area contributed by atoms with Crippen molar-refractivity contribution in [2.24, 2.45) is 5.73 Å². The minimum absolute atomic E-state index is 0.0449. The molecule has 0 unspecified atom stereocenters. The predicted molar refractivity (Wildman–Crippen MR) is 47.2 cm³/mol. The number of hydrogen-bond acceptors (Lipinski definition) is 4. The number of sulfone groups is 1. The quantitative estimate of drug-likeness (QED) is 0.316. The maximum atomic E-state index is 11.0. The Morgan fingerprint density at radius 2 is 2.17 bits per heavy atom. The molecule has 1 saturated heterocycles. The summed E-state index contributed by atoms with van der Waals surface area (Å²) in [6.45, 7) is 0. The van der Waals surface area contributed by atoms with Crippen LogP contribution in [-0.4, -0.2) is 41.6 Å². The summed E-state index contributed by atoms with van der Waals surface area (Å²) in [7, 11) is -3.09. The van der Waals surface area contributed by atoms with Gasteiger partial charge in [-0.15, -0.1) is 0 Å². The van der Waals surface area contributed by atoms with Crippen LogP contribution in [0.25, 0.3) is 0 Å². The highest BCUT2D eigenvalue weighted by molar-refractivity contribution is 8.14. The topological polar surface area (TPSA) is 106 Å². The lowest BCUT2D eigenvalue weighted by Gasteiger charge is -2.06. The van der Waals surface area contributed by atoms with Gasteiger partial charge in [-0.05, 0) is 11.8 Å². The van der Waals surface area contributed by atoms with Gasteiger partial charge in [0.15, 0.2) is 9.84 Å². The Labute approximate surface area is 74.8 Å². The van der Waals surface area contributed by atoms with E-state index in [1.165, 1.54) is 0 Å². The van der Waals surface area contributed by atoms with E-state index in [1.807, 2.05) is 0 Å². The fourth-order valence-electron chi connectivity index (χ4n) is 1.08. The van der Waals surface area contributed by atoms with E-state index < -0.39 is 21.2 Å². The summed E-state index contributed by atoms with van der Waals surface area (Å²) >= 11 is 1.02. The third-order valence-electron chi connectivity index (χ3n) is 1.56. The molecule has 1 rings (SSSR count). The van der Waals surface area contributed by atoms with Crippen LogP contribution < -0.4 is 11.1 Å². The first-order valence-electron chi connectivity index (χ1n) is 3.34. The van der Waals surface area contributed by atoms with E-state index in [2.05, 4.69) is 0 Å². The van der Waals surface area contributed by atoms with Crippen LogP contribution >= 0.6 is 11.8 Å². The molecule has 5 nitrogen and oxygen atoms in total. The molecule has 0 aromatic rings. The highest BCUT2D eigenvalue weighted by Gasteiger charge is 2.38. The Hall–Kier alpha value is -0.270. The fourth-order valence-corrected chi connectivity index (χ4v) is 4.31. The molecular formula is C5H11N2O3S2+. The highest BCUT2D eigenvalue weighted by atomic mass is 32.2. The lowest BCUT2D eigenvalue weighted by Crippen LogP contribution is -2.45. The number of amidine groups is 1. The van der Waals surface area contributed by atoms with E-state index in [-0.39, 0.29) is 16.7 Å². The molecule has 70 valence electrons. The summed E-state index contributed by atoms with van der Waals surface area (Å²) in [5.74, 6) is -0.228. The van der Waals surface area contributed by atoms with Gasteiger partial charge in [-0.2, -0.15) is 0 Å². The first-order valence-corrected chi connectivity index (χ1v) is 6.04. The fraction of sp³-hybridized carbons (Fsp3) is 0.800. The molecule has 1 aliphatic rings. The molecule has 1 heterocycles. The number of nitrogens with two attached hydrogens (primary N) is 2. The molecule has 7 heteroatoms. The monoisotopic (exact) mass is 211 g/mol. The van der Waals surface area contributed by atoms with Crippen LogP contribution in [0.4, 0.5) is 0 Å². The zero-order chi connectivity index (χ0) is 9.35. The van der Waals surface area contributed by atoms with Crippen molar-refractivity contribution in [3.63, 3.8) is 0 Å². The van der Waals surface area contributed by atoms with E-state index in [9.17, 15) is 13.5 Å². The molecule has 0 radical (unpaired) electrons. The van der Waals surface area contributed by atoms with E-state index in [1.54, 1.807) is 0 Å². The van der Waals surface area contributed by atoms with E-state index in [0.29, 0.717) is 0 Å². The van der Waals surface area contributed by atoms with Gasteiger partial charge < -0.3 is 5.11 Å².